The van der Waals surface area contributed by atoms with Crippen LogP contribution < -0.4 is 10.2 Å². The molecule has 13 heteroatoms. The lowest BCUT2D eigenvalue weighted by molar-refractivity contribution is -0.455. The molecule has 5 aromatic rings. The molecule has 0 saturated heterocycles. The van der Waals surface area contributed by atoms with Gasteiger partial charge in [-0.05, 0) is 116 Å². The minimum Gasteiger partial charge on any atom is -0.340 e. The van der Waals surface area contributed by atoms with Gasteiger partial charge in [0.2, 0.25) is 11.6 Å². The van der Waals surface area contributed by atoms with Crippen molar-refractivity contribution >= 4 is 60.7 Å². The normalized spacial score (nSPS) is 18.2. The van der Waals surface area contributed by atoms with Gasteiger partial charge in [0.25, 0.3) is 20.2 Å². The second kappa shape index (κ2) is 17.9. The van der Waals surface area contributed by atoms with E-state index in [1.807, 2.05) is 60.7 Å². The third-order valence-electron chi connectivity index (χ3n) is 12.4. The summed E-state index contributed by atoms with van der Waals surface area (Å²) in [4.78, 5) is 15.8. The van der Waals surface area contributed by atoms with E-state index in [4.69, 9.17) is 0 Å². The van der Waals surface area contributed by atoms with Gasteiger partial charge in [-0.2, -0.15) is 21.4 Å². The molecule has 0 spiro atoms. The van der Waals surface area contributed by atoms with Gasteiger partial charge in [-0.3, -0.25) is 13.9 Å². The van der Waals surface area contributed by atoms with Crippen LogP contribution in [0.5, 0.6) is 0 Å². The quantitative estimate of drug-likeness (QED) is 0.0823. The molecule has 3 aliphatic rings. The standard InChI is InChI=1S/C52H51N3O7S3/c1-35(56)53-40-21-23-41(24-22-40)63-50-38(19-29-48-51(2,3)44-31-42(64(57,58)59)25-27-46(44)54(48)33-36-13-8-6-9-14-36)17-12-18-39(50)20-30-49-52(4,5)45-32-43(65(60,61)62)26-28-47(45)55(49)34-37-15-10-7-11-16-37/h6-11,13-16,19-32H,12,17-18,33-34H2,1-5H3,(H2-,53,56,57,58,59,60,61,62)/p+1. The molecular formula is C52H52N3O7S3+. The van der Waals surface area contributed by atoms with E-state index >= 15 is 0 Å². The molecule has 0 atom stereocenters. The number of hydrogen-bond acceptors (Lipinski definition) is 7. The number of carbonyl (C=O) groups is 1. The fourth-order valence-corrected chi connectivity index (χ4v) is 11.3. The average Bonchev–Trinajstić information content (AvgIpc) is 3.60. The Hall–Kier alpha value is -5.83. The van der Waals surface area contributed by atoms with Crippen molar-refractivity contribution in [2.75, 3.05) is 10.2 Å². The second-order valence-corrected chi connectivity index (χ2v) is 21.6. The Labute approximate surface area is 386 Å². The van der Waals surface area contributed by atoms with Crippen LogP contribution in [0.1, 0.15) is 76.1 Å². The van der Waals surface area contributed by atoms with Crippen molar-refractivity contribution < 1.29 is 35.3 Å². The van der Waals surface area contributed by atoms with Crippen molar-refractivity contribution in [2.24, 2.45) is 0 Å². The van der Waals surface area contributed by atoms with E-state index < -0.39 is 31.1 Å². The molecule has 0 unspecified atom stereocenters. The maximum atomic E-state index is 12.3. The smallest absolute Gasteiger partial charge is 0.294 e. The number of thioether (sulfide) groups is 1. The third kappa shape index (κ3) is 9.61. The van der Waals surface area contributed by atoms with E-state index in [9.17, 15) is 30.7 Å². The summed E-state index contributed by atoms with van der Waals surface area (Å²) in [7, 11) is -8.87. The number of allylic oxidation sites excluding steroid dienone is 7. The fraction of sp³-hybridized carbons (Fsp3) is 0.231. The predicted molar refractivity (Wildman–Crippen MR) is 259 cm³/mol. The lowest BCUT2D eigenvalue weighted by Gasteiger charge is -2.27. The zero-order chi connectivity index (χ0) is 46.3. The molecule has 2 aliphatic heterocycles. The van der Waals surface area contributed by atoms with Gasteiger partial charge < -0.3 is 10.2 Å². The molecule has 0 saturated carbocycles. The van der Waals surface area contributed by atoms with Crippen molar-refractivity contribution in [2.45, 2.75) is 92.5 Å². The van der Waals surface area contributed by atoms with Crippen molar-refractivity contribution in [3.8, 4) is 0 Å². The summed E-state index contributed by atoms with van der Waals surface area (Å²) < 4.78 is 71.7. The van der Waals surface area contributed by atoms with Gasteiger partial charge >= 0.3 is 0 Å². The van der Waals surface area contributed by atoms with Crippen LogP contribution in [0.4, 0.5) is 17.1 Å². The predicted octanol–water partition coefficient (Wildman–Crippen LogP) is 11.3. The van der Waals surface area contributed by atoms with E-state index in [1.165, 1.54) is 19.1 Å². The number of anilines is 2. The van der Waals surface area contributed by atoms with Gasteiger partial charge in [-0.25, -0.2) is 0 Å². The molecule has 2 heterocycles. The molecule has 8 rings (SSSR count). The zero-order valence-corrected chi connectivity index (χ0v) is 39.4. The van der Waals surface area contributed by atoms with Crippen molar-refractivity contribution in [3.63, 3.8) is 0 Å². The van der Waals surface area contributed by atoms with Gasteiger partial charge in [0, 0.05) is 69.0 Å². The fourth-order valence-electron chi connectivity index (χ4n) is 9.14. The van der Waals surface area contributed by atoms with Crippen LogP contribution in [0.15, 0.2) is 182 Å². The summed E-state index contributed by atoms with van der Waals surface area (Å²) >= 11 is 1.66. The monoisotopic (exact) mass is 926 g/mol. The Bertz CT molecular complexity index is 3080. The summed E-state index contributed by atoms with van der Waals surface area (Å²) in [5.41, 5.74) is 9.15. The van der Waals surface area contributed by atoms with Crippen LogP contribution >= 0.6 is 11.8 Å². The van der Waals surface area contributed by atoms with Gasteiger partial charge in [-0.1, -0.05) is 98.4 Å². The molecule has 3 N–H and O–H groups in total. The second-order valence-electron chi connectivity index (χ2n) is 17.7. The molecule has 0 aromatic heterocycles. The first-order chi connectivity index (χ1) is 30.8. The van der Waals surface area contributed by atoms with Crippen LogP contribution in [-0.2, 0) is 49.0 Å². The first kappa shape index (κ1) is 45.7. The molecule has 5 aromatic carbocycles. The number of nitrogens with zero attached hydrogens (tertiary/aromatic N) is 2. The summed E-state index contributed by atoms with van der Waals surface area (Å²) in [5, 5.41) is 2.86. The van der Waals surface area contributed by atoms with Crippen molar-refractivity contribution in [1.82, 2.24) is 0 Å². The average molecular weight is 927 g/mol. The molecule has 1 amide bonds. The number of benzene rings is 5. The molecular weight excluding hydrogens is 875 g/mol. The molecule has 334 valence electrons. The van der Waals surface area contributed by atoms with Crippen LogP contribution in [0.25, 0.3) is 0 Å². The number of hydrogen-bond donors (Lipinski definition) is 3. The summed E-state index contributed by atoms with van der Waals surface area (Å²) in [5.74, 6) is -0.149. The maximum Gasteiger partial charge on any atom is 0.294 e. The van der Waals surface area contributed by atoms with E-state index in [2.05, 4.69) is 91.1 Å². The van der Waals surface area contributed by atoms with E-state index in [-0.39, 0.29) is 15.7 Å². The summed E-state index contributed by atoms with van der Waals surface area (Å²) in [6.07, 6.45) is 11.2. The Morgan fingerprint density at radius 2 is 1.35 bits per heavy atom. The minimum absolute atomic E-state index is 0.147. The van der Waals surface area contributed by atoms with Gasteiger partial charge in [-0.15, -0.1) is 0 Å². The molecule has 10 nitrogen and oxygen atoms in total. The van der Waals surface area contributed by atoms with E-state index in [0.29, 0.717) is 18.8 Å². The molecule has 0 radical (unpaired) electrons. The first-order valence-corrected chi connectivity index (χ1v) is 25.1. The van der Waals surface area contributed by atoms with Gasteiger partial charge in [0.1, 0.15) is 0 Å². The van der Waals surface area contributed by atoms with Gasteiger partial charge in [0.05, 0.1) is 15.2 Å². The highest BCUT2D eigenvalue weighted by molar-refractivity contribution is 8.03. The number of rotatable bonds is 12. The Balaban J connectivity index is 1.26. The first-order valence-electron chi connectivity index (χ1n) is 21.4. The van der Waals surface area contributed by atoms with Crippen molar-refractivity contribution in [1.29, 1.82) is 0 Å². The van der Waals surface area contributed by atoms with Crippen LogP contribution in [0.3, 0.4) is 0 Å². The lowest BCUT2D eigenvalue weighted by atomic mass is 9.81. The number of amides is 1. The topological polar surface area (TPSA) is 144 Å². The SMILES string of the molecule is CC(=O)Nc1ccc(SC2=C(/C=C/C3=[N+](Cc4ccccc4)c4ccc(S(=O)(=O)O)cc4C3(C)C)CCC/C2=C\C=C2\N(Cc3ccccc3)c3ccc(S(=O)(=O)O)cc3C2(C)C)cc1. The highest BCUT2D eigenvalue weighted by atomic mass is 32.2. The van der Waals surface area contributed by atoms with E-state index in [1.54, 1.807) is 36.0 Å². The number of nitrogens with one attached hydrogen (secondary N) is 1. The maximum absolute atomic E-state index is 12.3. The van der Waals surface area contributed by atoms with Crippen LogP contribution in [0.2, 0.25) is 0 Å². The molecule has 1 aliphatic carbocycles. The molecule has 65 heavy (non-hydrogen) atoms. The number of fused-ring (bicyclic) bond motifs is 2. The number of carbonyl (C=O) groups excluding carboxylic acids is 1. The Morgan fingerprint density at radius 1 is 0.738 bits per heavy atom. The Morgan fingerprint density at radius 3 is 1.98 bits per heavy atom. The summed E-state index contributed by atoms with van der Waals surface area (Å²) in [6.45, 7) is 10.9. The van der Waals surface area contributed by atoms with Crippen LogP contribution in [-0.4, -0.2) is 42.1 Å². The molecule has 0 bridgehead atoms. The minimum atomic E-state index is -4.44. The van der Waals surface area contributed by atoms with Crippen molar-refractivity contribution in [3.05, 3.63) is 190 Å². The lowest BCUT2D eigenvalue weighted by Crippen LogP contribution is -2.27. The highest BCUT2D eigenvalue weighted by Gasteiger charge is 2.45. The molecule has 0 fully saturated rings. The zero-order valence-electron chi connectivity index (χ0n) is 36.9. The van der Waals surface area contributed by atoms with Crippen LogP contribution in [0, 0.1) is 0 Å². The van der Waals surface area contributed by atoms with E-state index in [0.717, 1.165) is 85.2 Å². The summed E-state index contributed by atoms with van der Waals surface area (Å²) in [6, 6.07) is 37.6. The highest BCUT2D eigenvalue weighted by Crippen LogP contribution is 2.50. The Kier molecular flexibility index (Phi) is 12.6. The van der Waals surface area contributed by atoms with Gasteiger partial charge in [0.15, 0.2) is 12.3 Å². The third-order valence-corrected chi connectivity index (χ3v) is 15.4. The largest absolute Gasteiger partial charge is 0.340 e.